The fourth-order valence-electron chi connectivity index (χ4n) is 1.30. The van der Waals surface area contributed by atoms with Crippen LogP contribution in [-0.2, 0) is 19.1 Å². The molecular formula is C12H22N2O6. The molecule has 4 N–H and O–H groups in total. The normalized spacial score (nSPS) is 18.2. The summed E-state index contributed by atoms with van der Waals surface area (Å²) in [4.78, 5) is 18.8. The molecule has 0 radical (unpaired) electrons. The average Bonchev–Trinajstić information content (AvgIpc) is 2.50. The number of morpholine rings is 2. The van der Waals surface area contributed by atoms with Crippen LogP contribution >= 0.6 is 0 Å². The first-order valence-corrected chi connectivity index (χ1v) is 6.51. The van der Waals surface area contributed by atoms with Gasteiger partial charge in [0.1, 0.15) is 0 Å². The molecule has 0 atom stereocenters. The smallest absolute Gasteiger partial charge is 0.0993 e. The Balaban J connectivity index is 0.000000274. The SMILES string of the molecule is C1COCC[NH2+]1.C1COCC[NH2+]1.O=C([O-])/C=C\C(=O)[O-]. The Morgan fingerprint density at radius 1 is 0.750 bits per heavy atom. The van der Waals surface area contributed by atoms with Gasteiger partial charge in [-0.2, -0.15) is 0 Å². The molecule has 0 spiro atoms. The van der Waals surface area contributed by atoms with Crippen molar-refractivity contribution in [2.75, 3.05) is 52.6 Å². The van der Waals surface area contributed by atoms with E-state index >= 15 is 0 Å². The molecule has 0 saturated carbocycles. The van der Waals surface area contributed by atoms with Gasteiger partial charge in [0.2, 0.25) is 0 Å². The van der Waals surface area contributed by atoms with Crippen LogP contribution in [0.2, 0.25) is 0 Å². The number of carboxylic acids is 2. The highest BCUT2D eigenvalue weighted by atomic mass is 16.5. The minimum atomic E-state index is -1.55. The molecule has 0 unspecified atom stereocenters. The summed E-state index contributed by atoms with van der Waals surface area (Å²) in [6.45, 7) is 8.39. The highest BCUT2D eigenvalue weighted by molar-refractivity contribution is 5.87. The molecule has 0 aromatic carbocycles. The lowest BCUT2D eigenvalue weighted by Crippen LogP contribution is -2.87. The van der Waals surface area contributed by atoms with Crippen LogP contribution in [0.5, 0.6) is 0 Å². The highest BCUT2D eigenvalue weighted by Crippen LogP contribution is 1.69. The van der Waals surface area contributed by atoms with Crippen LogP contribution in [0.4, 0.5) is 0 Å². The zero-order valence-electron chi connectivity index (χ0n) is 11.4. The van der Waals surface area contributed by atoms with E-state index in [1.54, 1.807) is 0 Å². The largest absolute Gasteiger partial charge is 0.545 e. The van der Waals surface area contributed by atoms with Gasteiger partial charge in [-0.25, -0.2) is 0 Å². The number of carbonyl (C=O) groups is 2. The quantitative estimate of drug-likeness (QED) is 0.487. The molecule has 2 saturated heterocycles. The number of rotatable bonds is 2. The maximum Gasteiger partial charge on any atom is 0.0993 e. The summed E-state index contributed by atoms with van der Waals surface area (Å²) in [6, 6.07) is 0. The molecule has 2 aliphatic heterocycles. The van der Waals surface area contributed by atoms with Gasteiger partial charge in [-0.1, -0.05) is 0 Å². The van der Waals surface area contributed by atoms with Gasteiger partial charge in [0.05, 0.1) is 64.5 Å². The lowest BCUT2D eigenvalue weighted by molar-refractivity contribution is -0.670. The fourth-order valence-corrected chi connectivity index (χ4v) is 1.30. The zero-order valence-corrected chi connectivity index (χ0v) is 11.4. The Hall–Kier alpha value is -1.48. The maximum absolute atomic E-state index is 9.41. The van der Waals surface area contributed by atoms with Crippen molar-refractivity contribution in [1.82, 2.24) is 0 Å². The summed E-state index contributed by atoms with van der Waals surface area (Å²) in [5.74, 6) is -3.09. The van der Waals surface area contributed by atoms with E-state index in [0.29, 0.717) is 12.2 Å². The Bertz CT molecular complexity index is 237. The molecule has 0 aliphatic carbocycles. The Morgan fingerprint density at radius 3 is 1.15 bits per heavy atom. The molecule has 2 fully saturated rings. The summed E-state index contributed by atoms with van der Waals surface area (Å²) in [5, 5.41) is 23.4. The summed E-state index contributed by atoms with van der Waals surface area (Å²) in [6.07, 6.45) is 0.769. The van der Waals surface area contributed by atoms with Gasteiger partial charge in [0.25, 0.3) is 0 Å². The molecule has 0 bridgehead atoms. The number of nitrogens with two attached hydrogens (primary N) is 2. The maximum atomic E-state index is 9.41. The van der Waals surface area contributed by atoms with Crippen LogP contribution in [0.3, 0.4) is 0 Å². The lowest BCUT2D eigenvalue weighted by atomic mass is 10.5. The molecule has 2 rings (SSSR count). The van der Waals surface area contributed by atoms with Gasteiger partial charge < -0.3 is 39.9 Å². The number of hydrogen-bond donors (Lipinski definition) is 2. The zero-order chi connectivity index (χ0) is 15.1. The predicted molar refractivity (Wildman–Crippen MR) is 64.1 cm³/mol. The second-order valence-electron chi connectivity index (χ2n) is 3.93. The van der Waals surface area contributed by atoms with Crippen LogP contribution < -0.4 is 20.8 Å². The van der Waals surface area contributed by atoms with Gasteiger partial charge in [-0.3, -0.25) is 0 Å². The van der Waals surface area contributed by atoms with Gasteiger partial charge in [0.15, 0.2) is 0 Å². The summed E-state index contributed by atoms with van der Waals surface area (Å²) in [5.41, 5.74) is 0. The van der Waals surface area contributed by atoms with Crippen molar-refractivity contribution in [2.24, 2.45) is 0 Å². The van der Waals surface area contributed by atoms with E-state index in [1.165, 1.54) is 0 Å². The second-order valence-corrected chi connectivity index (χ2v) is 3.93. The molecular weight excluding hydrogens is 268 g/mol. The third-order valence-corrected chi connectivity index (χ3v) is 2.22. The third-order valence-electron chi connectivity index (χ3n) is 2.22. The lowest BCUT2D eigenvalue weighted by Gasteiger charge is -2.07. The van der Waals surface area contributed by atoms with Crippen LogP contribution in [-0.4, -0.2) is 64.5 Å². The molecule has 0 aromatic heterocycles. The predicted octanol–water partition coefficient (Wildman–Crippen LogP) is -5.80. The fraction of sp³-hybridized carbons (Fsp3) is 0.667. The Morgan fingerprint density at radius 2 is 1.05 bits per heavy atom. The molecule has 8 heteroatoms. The molecule has 8 nitrogen and oxygen atoms in total. The van der Waals surface area contributed by atoms with E-state index in [1.807, 2.05) is 0 Å². The van der Waals surface area contributed by atoms with E-state index in [0.717, 1.165) is 52.6 Å². The van der Waals surface area contributed by atoms with E-state index in [4.69, 9.17) is 9.47 Å². The Labute approximate surface area is 117 Å². The number of quaternary nitrogens is 2. The van der Waals surface area contributed by atoms with Crippen molar-refractivity contribution < 1.29 is 39.9 Å². The molecule has 2 heterocycles. The standard InChI is InChI=1S/2C4H9NO.C4H4O4/c2*1-3-6-4-2-5-1;5-3(6)1-2-4(7)8/h2*5H,1-4H2;1-2H,(H,5,6)(H,7,8)/b;;2-1-. The van der Waals surface area contributed by atoms with Crippen molar-refractivity contribution in [2.45, 2.75) is 0 Å². The second kappa shape index (κ2) is 13.9. The van der Waals surface area contributed by atoms with Crippen LogP contribution in [0.25, 0.3) is 0 Å². The van der Waals surface area contributed by atoms with Crippen molar-refractivity contribution in [3.63, 3.8) is 0 Å². The first-order valence-electron chi connectivity index (χ1n) is 6.51. The molecule has 0 aromatic rings. The van der Waals surface area contributed by atoms with Gasteiger partial charge in [0, 0.05) is 0 Å². The van der Waals surface area contributed by atoms with Crippen LogP contribution in [0.15, 0.2) is 12.2 Å². The Kier molecular flexibility index (Phi) is 12.9. The molecule has 2 aliphatic rings. The number of ether oxygens (including phenoxy) is 2. The molecule has 20 heavy (non-hydrogen) atoms. The first-order chi connectivity index (χ1) is 9.63. The summed E-state index contributed by atoms with van der Waals surface area (Å²) in [7, 11) is 0. The summed E-state index contributed by atoms with van der Waals surface area (Å²) >= 11 is 0. The van der Waals surface area contributed by atoms with Crippen molar-refractivity contribution in [3.05, 3.63) is 12.2 Å². The van der Waals surface area contributed by atoms with Crippen molar-refractivity contribution in [3.8, 4) is 0 Å². The number of carboxylic acid groups (broad SMARTS) is 2. The topological polar surface area (TPSA) is 132 Å². The number of carbonyl (C=O) groups excluding carboxylic acids is 2. The molecule has 116 valence electrons. The minimum Gasteiger partial charge on any atom is -0.545 e. The van der Waals surface area contributed by atoms with Gasteiger partial charge in [-0.05, 0) is 12.2 Å². The highest BCUT2D eigenvalue weighted by Gasteiger charge is 1.97. The third kappa shape index (κ3) is 16.5. The average molecular weight is 290 g/mol. The van der Waals surface area contributed by atoms with E-state index in [-0.39, 0.29) is 0 Å². The summed E-state index contributed by atoms with van der Waals surface area (Å²) < 4.78 is 10.1. The first kappa shape index (κ1) is 18.5. The van der Waals surface area contributed by atoms with Crippen LogP contribution in [0, 0.1) is 0 Å². The van der Waals surface area contributed by atoms with E-state index < -0.39 is 11.9 Å². The van der Waals surface area contributed by atoms with E-state index in [9.17, 15) is 19.8 Å². The van der Waals surface area contributed by atoms with Crippen molar-refractivity contribution >= 4 is 11.9 Å². The van der Waals surface area contributed by atoms with Gasteiger partial charge >= 0.3 is 0 Å². The minimum absolute atomic E-state index is 0.384. The van der Waals surface area contributed by atoms with Gasteiger partial charge in [-0.15, -0.1) is 0 Å². The monoisotopic (exact) mass is 290 g/mol. The van der Waals surface area contributed by atoms with Crippen molar-refractivity contribution in [1.29, 1.82) is 0 Å². The number of hydrogen-bond acceptors (Lipinski definition) is 6. The van der Waals surface area contributed by atoms with Crippen LogP contribution in [0.1, 0.15) is 0 Å². The number of aliphatic carboxylic acids is 2. The molecule has 0 amide bonds. The van der Waals surface area contributed by atoms with E-state index in [2.05, 4.69) is 10.6 Å².